The molecule has 0 aliphatic rings. The largest absolute Gasteiger partial charge is 0.460 e. The summed E-state index contributed by atoms with van der Waals surface area (Å²) < 4.78 is 7.34. The van der Waals surface area contributed by atoms with E-state index in [0.29, 0.717) is 0 Å². The fourth-order valence-electron chi connectivity index (χ4n) is 2.01. The van der Waals surface area contributed by atoms with Gasteiger partial charge in [0, 0.05) is 18.0 Å². The van der Waals surface area contributed by atoms with Gasteiger partial charge in [-0.25, -0.2) is 4.68 Å². The quantitative estimate of drug-likeness (QED) is 0.682. The Hall–Kier alpha value is -2.40. The van der Waals surface area contributed by atoms with Gasteiger partial charge in [-0.15, -0.1) is 11.3 Å². The molecule has 21 heavy (non-hydrogen) atoms. The summed E-state index contributed by atoms with van der Waals surface area (Å²) >= 11 is 1.56. The third kappa shape index (κ3) is 2.87. The lowest BCUT2D eigenvalue weighted by Gasteiger charge is -2.02. The molecule has 0 aliphatic carbocycles. The van der Waals surface area contributed by atoms with Gasteiger partial charge in [0.1, 0.15) is 11.5 Å². The lowest BCUT2D eigenvalue weighted by molar-refractivity contribution is 0.527. The number of aryl methyl sites for hydroxylation is 1. The van der Waals surface area contributed by atoms with E-state index < -0.39 is 0 Å². The standard InChI is InChI=1S/C16H15N3OS/c1-12-8-9-14(20-12)10-18-19-15(11-21-16(19)17-2)13-6-4-3-5-7-13/h3-11H,1-2H3/b17-16?,18-10+. The predicted molar refractivity (Wildman–Crippen MR) is 85.7 cm³/mol. The van der Waals surface area contributed by atoms with Crippen LogP contribution in [0.4, 0.5) is 0 Å². The summed E-state index contributed by atoms with van der Waals surface area (Å²) in [6.45, 7) is 1.91. The Morgan fingerprint density at radius 3 is 2.62 bits per heavy atom. The molecule has 3 aromatic rings. The second-order valence-electron chi connectivity index (χ2n) is 4.50. The molecule has 0 spiro atoms. The molecular formula is C16H15N3OS. The van der Waals surface area contributed by atoms with Gasteiger partial charge < -0.3 is 4.42 Å². The lowest BCUT2D eigenvalue weighted by atomic mass is 10.2. The minimum absolute atomic E-state index is 0.729. The Bertz CT molecular complexity index is 825. The normalized spacial score (nSPS) is 12.4. The summed E-state index contributed by atoms with van der Waals surface area (Å²) in [7, 11) is 1.77. The van der Waals surface area contributed by atoms with Crippen LogP contribution in [0.1, 0.15) is 11.5 Å². The van der Waals surface area contributed by atoms with E-state index in [0.717, 1.165) is 27.6 Å². The molecule has 0 radical (unpaired) electrons. The van der Waals surface area contributed by atoms with Crippen LogP contribution in [0.2, 0.25) is 0 Å². The Morgan fingerprint density at radius 2 is 1.95 bits per heavy atom. The van der Waals surface area contributed by atoms with Gasteiger partial charge in [-0.1, -0.05) is 30.3 Å². The van der Waals surface area contributed by atoms with E-state index >= 15 is 0 Å². The zero-order valence-electron chi connectivity index (χ0n) is 11.9. The maximum absolute atomic E-state index is 5.51. The number of hydrogen-bond donors (Lipinski definition) is 0. The summed E-state index contributed by atoms with van der Waals surface area (Å²) in [5, 5.41) is 6.57. The summed E-state index contributed by atoms with van der Waals surface area (Å²) in [4.78, 5) is 5.11. The minimum Gasteiger partial charge on any atom is -0.460 e. The third-order valence-corrected chi connectivity index (χ3v) is 3.92. The van der Waals surface area contributed by atoms with E-state index in [1.807, 2.05) is 41.9 Å². The predicted octanol–water partition coefficient (Wildman–Crippen LogP) is 3.53. The second kappa shape index (κ2) is 5.93. The SMILES string of the molecule is CN=c1scc(-c2ccccc2)n1/N=C/c1ccc(C)o1. The van der Waals surface area contributed by atoms with Crippen LogP contribution in [-0.2, 0) is 0 Å². The third-order valence-electron chi connectivity index (χ3n) is 3.01. The Morgan fingerprint density at radius 1 is 1.14 bits per heavy atom. The zero-order chi connectivity index (χ0) is 14.7. The van der Waals surface area contributed by atoms with Crippen LogP contribution in [0.25, 0.3) is 11.3 Å². The fraction of sp³-hybridized carbons (Fsp3) is 0.125. The van der Waals surface area contributed by atoms with Gasteiger partial charge in [0.05, 0.1) is 11.9 Å². The van der Waals surface area contributed by atoms with Crippen LogP contribution in [0, 0.1) is 6.92 Å². The molecule has 5 heteroatoms. The van der Waals surface area contributed by atoms with Gasteiger partial charge >= 0.3 is 0 Å². The number of aromatic nitrogens is 1. The zero-order valence-corrected chi connectivity index (χ0v) is 12.7. The molecule has 0 N–H and O–H groups in total. The molecule has 3 rings (SSSR count). The maximum Gasteiger partial charge on any atom is 0.205 e. The van der Waals surface area contributed by atoms with Crippen LogP contribution in [-0.4, -0.2) is 17.9 Å². The van der Waals surface area contributed by atoms with Crippen molar-refractivity contribution in [3.8, 4) is 11.3 Å². The highest BCUT2D eigenvalue weighted by atomic mass is 32.1. The van der Waals surface area contributed by atoms with E-state index in [9.17, 15) is 0 Å². The van der Waals surface area contributed by atoms with Crippen molar-refractivity contribution in [2.75, 3.05) is 7.05 Å². The maximum atomic E-state index is 5.51. The molecule has 0 atom stereocenters. The van der Waals surface area contributed by atoms with Crippen molar-refractivity contribution in [1.29, 1.82) is 0 Å². The Labute approximate surface area is 126 Å². The van der Waals surface area contributed by atoms with Gasteiger partial charge in [-0.3, -0.25) is 4.99 Å². The average molecular weight is 297 g/mol. The molecule has 0 saturated carbocycles. The first-order chi connectivity index (χ1) is 10.3. The van der Waals surface area contributed by atoms with E-state index in [4.69, 9.17) is 4.42 Å². The van der Waals surface area contributed by atoms with E-state index in [-0.39, 0.29) is 0 Å². The van der Waals surface area contributed by atoms with Gasteiger partial charge in [0.15, 0.2) is 0 Å². The number of hydrogen-bond acceptors (Lipinski definition) is 4. The minimum atomic E-state index is 0.729. The smallest absolute Gasteiger partial charge is 0.205 e. The summed E-state index contributed by atoms with van der Waals surface area (Å²) in [6.07, 6.45) is 1.71. The Kier molecular flexibility index (Phi) is 3.83. The fourth-order valence-corrected chi connectivity index (χ4v) is 2.81. The highest BCUT2D eigenvalue weighted by Gasteiger charge is 2.06. The van der Waals surface area contributed by atoms with Crippen LogP contribution in [0.15, 0.2) is 62.4 Å². The molecule has 0 bridgehead atoms. The van der Waals surface area contributed by atoms with Crippen LogP contribution in [0.5, 0.6) is 0 Å². The van der Waals surface area contributed by atoms with Crippen molar-refractivity contribution in [3.63, 3.8) is 0 Å². The molecule has 106 valence electrons. The molecule has 1 aromatic carbocycles. The Balaban J connectivity index is 2.05. The first-order valence-electron chi connectivity index (χ1n) is 6.57. The first-order valence-corrected chi connectivity index (χ1v) is 7.45. The van der Waals surface area contributed by atoms with Gasteiger partial charge in [-0.2, -0.15) is 5.10 Å². The average Bonchev–Trinajstić information content (AvgIpc) is 3.11. The molecule has 2 heterocycles. The molecule has 2 aromatic heterocycles. The van der Waals surface area contributed by atoms with Crippen LogP contribution >= 0.6 is 11.3 Å². The topological polar surface area (TPSA) is 42.8 Å². The van der Waals surface area contributed by atoms with Crippen LogP contribution in [0.3, 0.4) is 0 Å². The van der Waals surface area contributed by atoms with Gasteiger partial charge in [0.2, 0.25) is 4.80 Å². The van der Waals surface area contributed by atoms with E-state index in [2.05, 4.69) is 27.6 Å². The number of rotatable bonds is 3. The molecule has 0 aliphatic heterocycles. The molecular weight excluding hydrogens is 282 g/mol. The summed E-state index contributed by atoms with van der Waals surface area (Å²) in [5.41, 5.74) is 2.12. The number of thiazole rings is 1. The van der Waals surface area contributed by atoms with E-state index in [1.54, 1.807) is 24.6 Å². The number of furan rings is 1. The summed E-state index contributed by atoms with van der Waals surface area (Å²) in [5.74, 6) is 1.60. The first kappa shape index (κ1) is 13.6. The van der Waals surface area contributed by atoms with Crippen molar-refractivity contribution >= 4 is 17.6 Å². The van der Waals surface area contributed by atoms with E-state index in [1.165, 1.54) is 0 Å². The number of nitrogens with zero attached hydrogens (tertiary/aromatic N) is 3. The molecule has 4 nitrogen and oxygen atoms in total. The highest BCUT2D eigenvalue weighted by Crippen LogP contribution is 2.19. The lowest BCUT2D eigenvalue weighted by Crippen LogP contribution is -2.11. The van der Waals surface area contributed by atoms with Crippen LogP contribution < -0.4 is 4.80 Å². The van der Waals surface area contributed by atoms with Gasteiger partial charge in [-0.05, 0) is 19.1 Å². The van der Waals surface area contributed by atoms with Crippen molar-refractivity contribution in [2.24, 2.45) is 10.1 Å². The van der Waals surface area contributed by atoms with Crippen molar-refractivity contribution in [1.82, 2.24) is 4.68 Å². The second-order valence-corrected chi connectivity index (χ2v) is 5.33. The van der Waals surface area contributed by atoms with Gasteiger partial charge in [0.25, 0.3) is 0 Å². The molecule has 0 unspecified atom stereocenters. The van der Waals surface area contributed by atoms with Crippen molar-refractivity contribution < 1.29 is 4.42 Å². The molecule has 0 amide bonds. The molecule has 0 saturated heterocycles. The number of benzene rings is 1. The monoisotopic (exact) mass is 297 g/mol. The van der Waals surface area contributed by atoms with Crippen molar-refractivity contribution in [2.45, 2.75) is 6.92 Å². The highest BCUT2D eigenvalue weighted by molar-refractivity contribution is 7.07. The molecule has 0 fully saturated rings. The summed E-state index contributed by atoms with van der Waals surface area (Å²) in [6, 6.07) is 14.0. The van der Waals surface area contributed by atoms with Crippen molar-refractivity contribution in [3.05, 3.63) is 64.2 Å².